The molecule has 2 heterocycles. The van der Waals surface area contributed by atoms with E-state index in [1.807, 2.05) is 42.3 Å². The molecule has 0 saturated carbocycles. The third kappa shape index (κ3) is 5.33. The van der Waals surface area contributed by atoms with E-state index in [0.717, 1.165) is 23.3 Å². The number of nitrogens with zero attached hydrogens (tertiary/aromatic N) is 3. The number of hydrogen-bond donors (Lipinski definition) is 0. The Bertz CT molecular complexity index is 1390. The molecule has 0 spiro atoms. The summed E-state index contributed by atoms with van der Waals surface area (Å²) >= 11 is 0. The summed E-state index contributed by atoms with van der Waals surface area (Å²) in [5, 5.41) is 0. The fraction of sp³-hybridized carbons (Fsp3) is 0.241. The average molecular weight is 524 g/mol. The number of rotatable bonds is 6. The average Bonchev–Trinajstić information content (AvgIpc) is 3.59. The van der Waals surface area contributed by atoms with Crippen molar-refractivity contribution >= 4 is 5.91 Å². The largest absolute Gasteiger partial charge is 0.445 e. The Morgan fingerprint density at radius 1 is 1.05 bits per heavy atom. The molecule has 38 heavy (non-hydrogen) atoms. The van der Waals surface area contributed by atoms with Gasteiger partial charge >= 0.3 is 6.18 Å². The number of amides is 1. The van der Waals surface area contributed by atoms with Gasteiger partial charge in [0, 0.05) is 42.7 Å². The molecule has 0 bridgehead atoms. The second-order valence-electron chi connectivity index (χ2n) is 9.44. The highest BCUT2D eigenvalue weighted by molar-refractivity contribution is 5.95. The number of aromatic nitrogens is 1. The van der Waals surface area contributed by atoms with Crippen LogP contribution in [0.3, 0.4) is 0 Å². The van der Waals surface area contributed by atoms with E-state index in [1.54, 1.807) is 35.4 Å². The first kappa shape index (κ1) is 25.7. The molecule has 5 rings (SSSR count). The van der Waals surface area contributed by atoms with Crippen LogP contribution in [0.5, 0.6) is 0 Å². The number of carbonyl (C=O) groups excluding carboxylic acids is 1. The first-order valence-corrected chi connectivity index (χ1v) is 12.1. The zero-order valence-corrected chi connectivity index (χ0v) is 20.5. The number of oxazole rings is 1. The van der Waals surface area contributed by atoms with Crippen LogP contribution in [0.15, 0.2) is 89.7 Å². The number of alkyl halides is 3. The van der Waals surface area contributed by atoms with Gasteiger partial charge in [0.1, 0.15) is 12.1 Å². The lowest BCUT2D eigenvalue weighted by Gasteiger charge is -2.29. The Balaban J connectivity index is 1.36. The van der Waals surface area contributed by atoms with Crippen molar-refractivity contribution in [2.75, 3.05) is 20.1 Å². The van der Waals surface area contributed by atoms with Crippen molar-refractivity contribution in [2.24, 2.45) is 0 Å². The van der Waals surface area contributed by atoms with Gasteiger partial charge in [-0.3, -0.25) is 9.69 Å². The summed E-state index contributed by atoms with van der Waals surface area (Å²) < 4.78 is 58.5. The first-order chi connectivity index (χ1) is 18.2. The summed E-state index contributed by atoms with van der Waals surface area (Å²) in [5.41, 5.74) is 1.49. The molecule has 1 saturated heterocycles. The van der Waals surface area contributed by atoms with Crippen molar-refractivity contribution in [1.29, 1.82) is 0 Å². The minimum absolute atomic E-state index is 0.0314. The monoisotopic (exact) mass is 523 g/mol. The predicted octanol–water partition coefficient (Wildman–Crippen LogP) is 6.24. The zero-order chi connectivity index (χ0) is 26.9. The molecule has 0 unspecified atom stereocenters. The number of carbonyl (C=O) groups is 1. The van der Waals surface area contributed by atoms with Crippen molar-refractivity contribution in [3.8, 4) is 11.5 Å². The molecule has 0 N–H and O–H groups in total. The molecule has 1 aliphatic rings. The molecular weight excluding hydrogens is 498 g/mol. The smallest absolute Gasteiger partial charge is 0.419 e. The first-order valence-electron chi connectivity index (χ1n) is 12.1. The number of halogens is 4. The SMILES string of the molecule is CN(Cc1ccc(C(F)(F)F)c(F)c1)[C@H]1CN(C(=O)c2ccc(-c3ncco3)cc2)C[C@@H]1c1ccccc1. The fourth-order valence-corrected chi connectivity index (χ4v) is 5.02. The summed E-state index contributed by atoms with van der Waals surface area (Å²) in [6.07, 6.45) is -1.71. The van der Waals surface area contributed by atoms with Gasteiger partial charge < -0.3 is 9.32 Å². The van der Waals surface area contributed by atoms with E-state index in [-0.39, 0.29) is 24.4 Å². The Morgan fingerprint density at radius 3 is 2.42 bits per heavy atom. The van der Waals surface area contributed by atoms with Gasteiger partial charge in [0.2, 0.25) is 5.89 Å². The summed E-state index contributed by atoms with van der Waals surface area (Å²) in [6.45, 7) is 1.12. The molecule has 2 atom stereocenters. The van der Waals surface area contributed by atoms with Crippen LogP contribution in [0.2, 0.25) is 0 Å². The van der Waals surface area contributed by atoms with Gasteiger partial charge in [-0.1, -0.05) is 36.4 Å². The van der Waals surface area contributed by atoms with E-state index in [4.69, 9.17) is 4.42 Å². The van der Waals surface area contributed by atoms with Crippen LogP contribution in [-0.2, 0) is 12.7 Å². The van der Waals surface area contributed by atoms with Gasteiger partial charge in [-0.15, -0.1) is 0 Å². The van der Waals surface area contributed by atoms with Crippen molar-refractivity contribution in [3.63, 3.8) is 0 Å². The normalized spacial score (nSPS) is 17.8. The number of hydrogen-bond acceptors (Lipinski definition) is 4. The predicted molar refractivity (Wildman–Crippen MR) is 134 cm³/mol. The minimum atomic E-state index is -4.74. The standard InChI is InChI=1S/C29H25F4N3O2/c1-35(16-19-7-12-24(25(30)15-19)29(31,32)33)26-18-36(17-23(26)20-5-3-2-4-6-20)28(37)22-10-8-21(9-11-22)27-34-13-14-38-27/h2-15,23,26H,16-18H2,1H3/t23-,26+/m1/s1. The number of likely N-dealkylation sites (N-methyl/N-ethyl adjacent to an activating group) is 1. The molecule has 1 amide bonds. The van der Waals surface area contributed by atoms with E-state index in [2.05, 4.69) is 4.98 Å². The molecule has 0 aliphatic carbocycles. The van der Waals surface area contributed by atoms with Gasteiger partial charge in [-0.2, -0.15) is 13.2 Å². The topological polar surface area (TPSA) is 49.6 Å². The second kappa shape index (κ2) is 10.4. The van der Waals surface area contributed by atoms with Gasteiger partial charge in [0.25, 0.3) is 5.91 Å². The highest BCUT2D eigenvalue weighted by Crippen LogP contribution is 2.34. The summed E-state index contributed by atoms with van der Waals surface area (Å²) in [6, 6.07) is 19.7. The Morgan fingerprint density at radius 2 is 1.79 bits per heavy atom. The van der Waals surface area contributed by atoms with Crippen molar-refractivity contribution in [2.45, 2.75) is 24.7 Å². The molecule has 5 nitrogen and oxygen atoms in total. The molecule has 1 aromatic heterocycles. The second-order valence-corrected chi connectivity index (χ2v) is 9.44. The van der Waals surface area contributed by atoms with Crippen LogP contribution in [0.4, 0.5) is 17.6 Å². The summed E-state index contributed by atoms with van der Waals surface area (Å²) in [7, 11) is 1.84. The quantitative estimate of drug-likeness (QED) is 0.281. The van der Waals surface area contributed by atoms with Crippen molar-refractivity contribution in [3.05, 3.63) is 113 Å². The lowest BCUT2D eigenvalue weighted by Crippen LogP contribution is -2.38. The Hall–Kier alpha value is -3.98. The minimum Gasteiger partial charge on any atom is -0.445 e. The third-order valence-electron chi connectivity index (χ3n) is 6.95. The zero-order valence-electron chi connectivity index (χ0n) is 20.5. The summed E-state index contributed by atoms with van der Waals surface area (Å²) in [5.74, 6) is -0.979. The van der Waals surface area contributed by atoms with Gasteiger partial charge in [0.05, 0.1) is 11.8 Å². The van der Waals surface area contributed by atoms with E-state index >= 15 is 0 Å². The molecule has 0 radical (unpaired) electrons. The van der Waals surface area contributed by atoms with E-state index in [0.29, 0.717) is 30.1 Å². The molecule has 1 fully saturated rings. The third-order valence-corrected chi connectivity index (χ3v) is 6.95. The maximum Gasteiger partial charge on any atom is 0.419 e. The van der Waals surface area contributed by atoms with Crippen LogP contribution < -0.4 is 0 Å². The van der Waals surface area contributed by atoms with Crippen LogP contribution in [-0.4, -0.2) is 46.9 Å². The maximum absolute atomic E-state index is 14.2. The van der Waals surface area contributed by atoms with E-state index < -0.39 is 17.6 Å². The number of benzene rings is 3. The highest BCUT2D eigenvalue weighted by Gasteiger charge is 2.39. The van der Waals surface area contributed by atoms with Crippen molar-refractivity contribution < 1.29 is 26.8 Å². The highest BCUT2D eigenvalue weighted by atomic mass is 19.4. The van der Waals surface area contributed by atoms with Crippen LogP contribution in [0, 0.1) is 5.82 Å². The van der Waals surface area contributed by atoms with Gasteiger partial charge in [-0.05, 0) is 54.6 Å². The van der Waals surface area contributed by atoms with Crippen LogP contribution in [0.1, 0.15) is 33.0 Å². The van der Waals surface area contributed by atoms with Gasteiger partial charge in [-0.25, -0.2) is 9.37 Å². The fourth-order valence-electron chi connectivity index (χ4n) is 5.02. The molecule has 9 heteroatoms. The number of likely N-dealkylation sites (tertiary alicyclic amines) is 1. The molecule has 3 aromatic carbocycles. The van der Waals surface area contributed by atoms with E-state index in [1.165, 1.54) is 12.3 Å². The molecular formula is C29H25F4N3O2. The molecule has 1 aliphatic heterocycles. The van der Waals surface area contributed by atoms with Crippen LogP contribution >= 0.6 is 0 Å². The van der Waals surface area contributed by atoms with Crippen molar-refractivity contribution in [1.82, 2.24) is 14.8 Å². The lowest BCUT2D eigenvalue weighted by atomic mass is 9.93. The molecule has 4 aromatic rings. The molecule has 196 valence electrons. The maximum atomic E-state index is 14.2. The lowest BCUT2D eigenvalue weighted by molar-refractivity contribution is -0.140. The Labute approximate surface area is 217 Å². The Kier molecular flexibility index (Phi) is 7.03. The van der Waals surface area contributed by atoms with E-state index in [9.17, 15) is 22.4 Å². The van der Waals surface area contributed by atoms with Crippen LogP contribution in [0.25, 0.3) is 11.5 Å². The summed E-state index contributed by atoms with van der Waals surface area (Å²) in [4.78, 5) is 21.3. The van der Waals surface area contributed by atoms with Gasteiger partial charge in [0.15, 0.2) is 0 Å².